The molecule has 0 heterocycles. The molecule has 1 aliphatic carbocycles. The van der Waals surface area contributed by atoms with Gasteiger partial charge in [-0.3, -0.25) is 0 Å². The first-order valence-corrected chi connectivity index (χ1v) is 5.88. The number of hydrogen-bond donors (Lipinski definition) is 1. The van der Waals surface area contributed by atoms with Gasteiger partial charge >= 0.3 is 19.5 Å². The summed E-state index contributed by atoms with van der Waals surface area (Å²) in [4.78, 5) is 0. The van der Waals surface area contributed by atoms with Gasteiger partial charge in [0.1, 0.15) is 5.76 Å². The van der Waals surface area contributed by atoms with Gasteiger partial charge in [0.05, 0.1) is 0 Å². The van der Waals surface area contributed by atoms with Gasteiger partial charge in [-0.05, 0) is 0 Å². The van der Waals surface area contributed by atoms with Crippen LogP contribution in [0.3, 0.4) is 0 Å². The molecule has 2 aromatic rings. The Balaban J connectivity index is 0.000000256. The average Bonchev–Trinajstić information content (AvgIpc) is 3.14. The Morgan fingerprint density at radius 1 is 0.842 bits per heavy atom. The monoisotopic (exact) mass is 337 g/mol. The number of aliphatic hydroxyl groups is 1. The Morgan fingerprint density at radius 2 is 1.42 bits per heavy atom. The predicted octanol–water partition coefficient (Wildman–Crippen LogP) is 4.48. The molecule has 1 radical (unpaired) electrons. The van der Waals surface area contributed by atoms with Crippen LogP contribution in [0.15, 0.2) is 90.5 Å². The molecule has 0 aromatic heterocycles. The third-order valence-electron chi connectivity index (χ3n) is 2.54. The topological polar surface area (TPSA) is 20.2 Å². The molecular formula is C17H15ORu. The van der Waals surface area contributed by atoms with Crippen molar-refractivity contribution in [1.29, 1.82) is 0 Å². The molecule has 0 aliphatic heterocycles. The van der Waals surface area contributed by atoms with E-state index in [4.69, 9.17) is 0 Å². The van der Waals surface area contributed by atoms with Gasteiger partial charge in [-0.2, -0.15) is 18.2 Å². The average molecular weight is 336 g/mol. The summed E-state index contributed by atoms with van der Waals surface area (Å²) in [6.45, 7) is 0. The fraction of sp³-hybridized carbons (Fsp3) is 0. The molecule has 19 heavy (non-hydrogen) atoms. The first-order chi connectivity index (χ1) is 8.88. The van der Waals surface area contributed by atoms with Gasteiger partial charge < -0.3 is 5.11 Å². The van der Waals surface area contributed by atoms with Crippen molar-refractivity contribution in [3.8, 4) is 0 Å². The van der Waals surface area contributed by atoms with Crippen molar-refractivity contribution in [3.63, 3.8) is 0 Å². The molecule has 2 aromatic carbocycles. The van der Waals surface area contributed by atoms with E-state index in [2.05, 4.69) is 0 Å². The fourth-order valence-corrected chi connectivity index (χ4v) is 1.62. The fourth-order valence-electron chi connectivity index (χ4n) is 1.62. The second kappa shape index (κ2) is 8.34. The number of rotatable bonds is 1. The zero-order valence-corrected chi connectivity index (χ0v) is 12.1. The van der Waals surface area contributed by atoms with Gasteiger partial charge in [0.25, 0.3) is 0 Å². The van der Waals surface area contributed by atoms with Gasteiger partial charge in [-0.15, -0.1) is 0 Å². The summed E-state index contributed by atoms with van der Waals surface area (Å²) in [5.41, 5.74) is 1.72. The van der Waals surface area contributed by atoms with Crippen LogP contribution in [0, 0.1) is 0 Å². The van der Waals surface area contributed by atoms with Crippen molar-refractivity contribution in [2.75, 3.05) is 0 Å². The second-order valence-corrected chi connectivity index (χ2v) is 3.85. The standard InChI is InChI=1S/C12H10O.C5H5.Ru/c13-12(11-8-4-5-9-11)10-6-2-1-3-7-10;1-2-4-5-3-1;/h1-9,13H;1-5H;/q;-1;+1. The smallest absolute Gasteiger partial charge is 0.507 e. The van der Waals surface area contributed by atoms with Gasteiger partial charge in [-0.1, -0.05) is 54.6 Å². The largest absolute Gasteiger partial charge is 1.00 e. The second-order valence-electron chi connectivity index (χ2n) is 3.85. The third kappa shape index (κ3) is 4.77. The SMILES string of the molecule is OC(=C1C=CC=C1)c1ccccc1.[Ru+].c1cc[cH-]c1. The van der Waals surface area contributed by atoms with Gasteiger partial charge in [0.2, 0.25) is 0 Å². The van der Waals surface area contributed by atoms with Crippen LogP contribution in [0.25, 0.3) is 5.76 Å². The van der Waals surface area contributed by atoms with Crippen LogP contribution in [0.4, 0.5) is 0 Å². The van der Waals surface area contributed by atoms with E-state index in [1.165, 1.54) is 0 Å². The first kappa shape index (κ1) is 15.3. The van der Waals surface area contributed by atoms with Crippen LogP contribution in [0.2, 0.25) is 0 Å². The van der Waals surface area contributed by atoms with E-state index < -0.39 is 0 Å². The summed E-state index contributed by atoms with van der Waals surface area (Å²) >= 11 is 0. The quantitative estimate of drug-likeness (QED) is 0.462. The van der Waals surface area contributed by atoms with Crippen molar-refractivity contribution >= 4 is 5.76 Å². The van der Waals surface area contributed by atoms with Crippen LogP contribution in [0.5, 0.6) is 0 Å². The summed E-state index contributed by atoms with van der Waals surface area (Å²) < 4.78 is 0. The maximum atomic E-state index is 9.80. The minimum absolute atomic E-state index is 0. The van der Waals surface area contributed by atoms with E-state index in [1.807, 2.05) is 85.0 Å². The summed E-state index contributed by atoms with van der Waals surface area (Å²) in [6.07, 6.45) is 7.60. The zero-order valence-electron chi connectivity index (χ0n) is 10.4. The van der Waals surface area contributed by atoms with Gasteiger partial charge in [-0.25, -0.2) is 12.1 Å². The molecule has 97 valence electrons. The van der Waals surface area contributed by atoms with E-state index in [1.54, 1.807) is 0 Å². The Morgan fingerprint density at radius 3 is 1.89 bits per heavy atom. The molecule has 0 unspecified atom stereocenters. The van der Waals surface area contributed by atoms with E-state index in [-0.39, 0.29) is 19.5 Å². The molecule has 0 saturated heterocycles. The molecule has 1 N–H and O–H groups in total. The normalized spacial score (nSPS) is 11.5. The number of aliphatic hydroxyl groups excluding tert-OH is 1. The van der Waals surface area contributed by atoms with Gasteiger partial charge in [0, 0.05) is 11.1 Å². The molecule has 0 bridgehead atoms. The molecule has 0 atom stereocenters. The minimum Gasteiger partial charge on any atom is -0.507 e. The Kier molecular flexibility index (Phi) is 6.70. The van der Waals surface area contributed by atoms with Gasteiger partial charge in [0.15, 0.2) is 0 Å². The first-order valence-electron chi connectivity index (χ1n) is 5.88. The predicted molar refractivity (Wildman–Crippen MR) is 76.3 cm³/mol. The maximum Gasteiger partial charge on any atom is 1.00 e. The Labute approximate surface area is 126 Å². The molecule has 3 rings (SSSR count). The van der Waals surface area contributed by atoms with Crippen molar-refractivity contribution in [1.82, 2.24) is 0 Å². The molecular weight excluding hydrogens is 321 g/mol. The minimum atomic E-state index is 0. The summed E-state index contributed by atoms with van der Waals surface area (Å²) in [5.74, 6) is 0.339. The number of allylic oxidation sites excluding steroid dienone is 5. The third-order valence-corrected chi connectivity index (χ3v) is 2.54. The molecule has 1 nitrogen and oxygen atoms in total. The number of hydrogen-bond acceptors (Lipinski definition) is 1. The van der Waals surface area contributed by atoms with E-state index in [0.717, 1.165) is 11.1 Å². The van der Waals surface area contributed by atoms with E-state index in [0.29, 0.717) is 5.76 Å². The maximum absolute atomic E-state index is 9.80. The van der Waals surface area contributed by atoms with E-state index in [9.17, 15) is 5.11 Å². The Hall–Kier alpha value is -1.79. The molecule has 0 fully saturated rings. The van der Waals surface area contributed by atoms with Crippen molar-refractivity contribution < 1.29 is 24.6 Å². The molecule has 0 saturated carbocycles. The molecule has 1 aliphatic rings. The van der Waals surface area contributed by atoms with Crippen LogP contribution >= 0.6 is 0 Å². The summed E-state index contributed by atoms with van der Waals surface area (Å²) in [5, 5.41) is 9.80. The molecule has 2 heteroatoms. The number of benzene rings is 1. The van der Waals surface area contributed by atoms with Crippen LogP contribution in [-0.2, 0) is 19.5 Å². The van der Waals surface area contributed by atoms with Crippen molar-refractivity contribution in [2.45, 2.75) is 0 Å². The van der Waals surface area contributed by atoms with Crippen LogP contribution in [0.1, 0.15) is 5.56 Å². The zero-order chi connectivity index (χ0) is 12.6. The van der Waals surface area contributed by atoms with Crippen molar-refractivity contribution in [2.24, 2.45) is 0 Å². The molecule has 0 spiro atoms. The summed E-state index contributed by atoms with van der Waals surface area (Å²) in [7, 11) is 0. The Bertz CT molecular complexity index is 517. The molecule has 0 amide bonds. The van der Waals surface area contributed by atoms with Crippen molar-refractivity contribution in [3.05, 3.63) is 96.1 Å². The van der Waals surface area contributed by atoms with Crippen LogP contribution < -0.4 is 0 Å². The van der Waals surface area contributed by atoms with E-state index >= 15 is 0 Å². The van der Waals surface area contributed by atoms with Crippen LogP contribution in [-0.4, -0.2) is 5.11 Å². The summed E-state index contributed by atoms with van der Waals surface area (Å²) in [6, 6.07) is 19.5.